The summed E-state index contributed by atoms with van der Waals surface area (Å²) in [6.07, 6.45) is 3.59. The van der Waals surface area contributed by atoms with Gasteiger partial charge in [-0.1, -0.05) is 71.4 Å². The molecule has 0 radical (unpaired) electrons. The Kier molecular flexibility index (Phi) is 22.9. The number of hydrogen-bond donors (Lipinski definition) is 3. The van der Waals surface area contributed by atoms with Crippen LogP contribution in [0.15, 0.2) is 35.3 Å². The van der Waals surface area contributed by atoms with Gasteiger partial charge in [0.25, 0.3) is 5.91 Å². The van der Waals surface area contributed by atoms with Crippen LogP contribution >= 0.6 is 0 Å². The van der Waals surface area contributed by atoms with Crippen molar-refractivity contribution in [2.24, 2.45) is 40.5 Å². The summed E-state index contributed by atoms with van der Waals surface area (Å²) in [6.45, 7) is 10.4. The minimum absolute atomic E-state index is 0.00108. The number of rotatable bonds is 25. The van der Waals surface area contributed by atoms with Crippen molar-refractivity contribution in [3.05, 3.63) is 35.9 Å². The largest absolute Gasteiger partial charge is 0.449 e. The monoisotopic (exact) mass is 1010 g/mol. The number of hydrogen-bond acceptors (Lipinski definition) is 11. The van der Waals surface area contributed by atoms with E-state index < -0.39 is 76.0 Å². The van der Waals surface area contributed by atoms with E-state index in [0.29, 0.717) is 55.3 Å². The van der Waals surface area contributed by atoms with E-state index in [9.17, 15) is 32.4 Å². The Balaban J connectivity index is 1.40. The van der Waals surface area contributed by atoms with Gasteiger partial charge < -0.3 is 44.4 Å². The van der Waals surface area contributed by atoms with Gasteiger partial charge in [0.05, 0.1) is 49.0 Å². The molecule has 5 amide bonds. The fraction of sp³-hybridized carbons (Fsp3) is 0.731. The molecule has 71 heavy (non-hydrogen) atoms. The number of nitrogens with zero attached hydrogens (tertiary/aromatic N) is 5. The van der Waals surface area contributed by atoms with E-state index >= 15 is 0 Å². The molecule has 2 aliphatic carbocycles. The van der Waals surface area contributed by atoms with Gasteiger partial charge in [-0.2, -0.15) is 0 Å². The molecule has 398 valence electrons. The third-order valence-electron chi connectivity index (χ3n) is 14.5. The number of sulfonamides is 1. The van der Waals surface area contributed by atoms with Crippen molar-refractivity contribution in [1.82, 2.24) is 35.0 Å². The van der Waals surface area contributed by atoms with Crippen LogP contribution in [0.25, 0.3) is 0 Å². The second-order valence-corrected chi connectivity index (χ2v) is 22.2. The van der Waals surface area contributed by atoms with E-state index in [-0.39, 0.29) is 49.5 Å². The molecular formula is C52H84N8O10S. The zero-order valence-corrected chi connectivity index (χ0v) is 45.3. The van der Waals surface area contributed by atoms with E-state index in [1.807, 2.05) is 71.8 Å². The predicted molar refractivity (Wildman–Crippen MR) is 274 cm³/mol. The molecule has 3 aliphatic rings. The Morgan fingerprint density at radius 2 is 1.52 bits per heavy atom. The summed E-state index contributed by atoms with van der Waals surface area (Å²) in [5, 5.41) is 5.40. The van der Waals surface area contributed by atoms with E-state index in [2.05, 4.69) is 27.2 Å². The van der Waals surface area contributed by atoms with E-state index in [4.69, 9.17) is 19.2 Å². The van der Waals surface area contributed by atoms with Gasteiger partial charge in [0.15, 0.2) is 5.96 Å². The summed E-state index contributed by atoms with van der Waals surface area (Å²) in [7, 11) is 8.13. The summed E-state index contributed by atoms with van der Waals surface area (Å²) < 4.78 is 46.1. The van der Waals surface area contributed by atoms with Gasteiger partial charge in [0.2, 0.25) is 27.7 Å². The topological polar surface area (TPSA) is 209 Å². The number of ether oxygens (including phenoxy) is 3. The average Bonchev–Trinajstić information content (AvgIpc) is 3.70. The first kappa shape index (κ1) is 58.6. The Morgan fingerprint density at radius 1 is 0.887 bits per heavy atom. The first-order chi connectivity index (χ1) is 33.7. The molecule has 0 unspecified atom stereocenters. The highest BCUT2D eigenvalue weighted by Crippen LogP contribution is 2.52. The van der Waals surface area contributed by atoms with Crippen LogP contribution in [0.2, 0.25) is 0 Å². The first-order valence-electron chi connectivity index (χ1n) is 25.4. The minimum Gasteiger partial charge on any atom is -0.449 e. The Hall–Kier alpha value is -4.93. The predicted octanol–water partition coefficient (Wildman–Crippen LogP) is 4.14. The standard InChI is InChI=1S/C52H84N8O10S/c1-13-35(4)46(59(10)50(64)45(34(2)3)55-51(57(6)7)58(8)9)43(68-11)32-44(61)60-29-21-27-42(60)47(69-12)36(5)48(62)54-41(31-37-23-17-16-18-24-37)49(63)56-71(66,67)30-22-28-53-52(65)70-33-40-38-25-19-14-15-20-26-39(38)40/h16-18,23-24,34-36,38-43,45-47H,13,19-22,25-33H2,1-12H3,(H,53,65)(H,54,62)(H,56,63)/t35-,36+,38-,39+,40-,41-,42-,43+,45-,46-,47+/m0/s1. The molecule has 11 atom stereocenters. The fourth-order valence-corrected chi connectivity index (χ4v) is 11.4. The summed E-state index contributed by atoms with van der Waals surface area (Å²) in [5.41, 5.74) is 0.691. The Labute approximate surface area is 424 Å². The third kappa shape index (κ3) is 16.8. The number of carbonyl (C=O) groups excluding carboxylic acids is 5. The maximum Gasteiger partial charge on any atom is 0.407 e. The molecule has 1 saturated carbocycles. The van der Waals surface area contributed by atoms with Crippen molar-refractivity contribution >= 4 is 45.7 Å². The summed E-state index contributed by atoms with van der Waals surface area (Å²) in [5.74, 6) is 5.02. The molecule has 1 aromatic rings. The average molecular weight is 1010 g/mol. The number of likely N-dealkylation sites (N-methyl/N-ethyl adjacent to an activating group) is 1. The van der Waals surface area contributed by atoms with Gasteiger partial charge in [-0.15, -0.1) is 11.8 Å². The number of nitrogens with one attached hydrogen (secondary N) is 3. The second kappa shape index (κ2) is 27.8. The number of fused-ring (bicyclic) bond motifs is 1. The molecule has 1 saturated heterocycles. The van der Waals surface area contributed by atoms with Gasteiger partial charge >= 0.3 is 6.09 Å². The van der Waals surface area contributed by atoms with Crippen molar-refractivity contribution in [2.45, 2.75) is 135 Å². The van der Waals surface area contributed by atoms with Crippen LogP contribution in [0.1, 0.15) is 98.0 Å². The zero-order chi connectivity index (χ0) is 52.6. The lowest BCUT2D eigenvalue weighted by Crippen LogP contribution is -2.56. The molecule has 18 nitrogen and oxygen atoms in total. The summed E-state index contributed by atoms with van der Waals surface area (Å²) in [6, 6.07) is 6.00. The molecule has 3 N–H and O–H groups in total. The number of benzene rings is 1. The number of alkyl carbamates (subject to hydrolysis) is 1. The highest BCUT2D eigenvalue weighted by molar-refractivity contribution is 7.90. The van der Waals surface area contributed by atoms with Crippen molar-refractivity contribution < 1.29 is 46.6 Å². The number of methoxy groups -OCH3 is 2. The van der Waals surface area contributed by atoms with Gasteiger partial charge in [-0.25, -0.2) is 18.2 Å². The van der Waals surface area contributed by atoms with Gasteiger partial charge in [-0.3, -0.25) is 23.9 Å². The Morgan fingerprint density at radius 3 is 2.08 bits per heavy atom. The van der Waals surface area contributed by atoms with Crippen molar-refractivity contribution in [3.63, 3.8) is 0 Å². The van der Waals surface area contributed by atoms with Crippen LogP contribution in [-0.4, -0.2) is 175 Å². The third-order valence-corrected chi connectivity index (χ3v) is 15.8. The molecule has 19 heteroatoms. The normalized spacial score (nSPS) is 21.5. The second-order valence-electron chi connectivity index (χ2n) is 20.3. The number of aliphatic imine (C=N–C) groups is 1. The van der Waals surface area contributed by atoms with Crippen LogP contribution in [0.3, 0.4) is 0 Å². The van der Waals surface area contributed by atoms with Crippen molar-refractivity contribution in [2.75, 3.05) is 74.9 Å². The van der Waals surface area contributed by atoms with Gasteiger partial charge in [0, 0.05) is 81.8 Å². The Bertz CT molecular complexity index is 2100. The number of likely N-dealkylation sites (tertiary alicyclic amines) is 1. The summed E-state index contributed by atoms with van der Waals surface area (Å²) >= 11 is 0. The van der Waals surface area contributed by atoms with Crippen LogP contribution in [0.4, 0.5) is 4.79 Å². The maximum absolute atomic E-state index is 14.4. The highest BCUT2D eigenvalue weighted by Gasteiger charge is 2.49. The van der Waals surface area contributed by atoms with Gasteiger partial charge in [-0.05, 0) is 67.3 Å². The lowest BCUT2D eigenvalue weighted by molar-refractivity contribution is -0.146. The minimum atomic E-state index is -4.18. The van der Waals surface area contributed by atoms with Crippen LogP contribution < -0.4 is 15.4 Å². The molecule has 0 bridgehead atoms. The number of amides is 5. The number of carbonyl (C=O) groups is 5. The lowest BCUT2D eigenvalue weighted by atomic mass is 9.89. The van der Waals surface area contributed by atoms with Gasteiger partial charge in [0.1, 0.15) is 12.1 Å². The highest BCUT2D eigenvalue weighted by atomic mass is 32.2. The molecule has 1 heterocycles. The maximum atomic E-state index is 14.4. The quantitative estimate of drug-likeness (QED) is 0.0547. The molecular weight excluding hydrogens is 929 g/mol. The van der Waals surface area contributed by atoms with Crippen molar-refractivity contribution in [1.29, 1.82) is 0 Å². The molecule has 0 spiro atoms. The smallest absolute Gasteiger partial charge is 0.407 e. The zero-order valence-electron chi connectivity index (χ0n) is 44.4. The van der Waals surface area contributed by atoms with Crippen molar-refractivity contribution in [3.8, 4) is 11.8 Å². The number of guanidine groups is 1. The van der Waals surface area contributed by atoms with Crippen LogP contribution in [0.5, 0.6) is 0 Å². The summed E-state index contributed by atoms with van der Waals surface area (Å²) in [4.78, 5) is 81.2. The molecule has 2 fully saturated rings. The lowest BCUT2D eigenvalue weighted by Gasteiger charge is -2.40. The van der Waals surface area contributed by atoms with E-state index in [1.54, 1.807) is 55.1 Å². The molecule has 0 aromatic heterocycles. The SMILES string of the molecule is CC[C@H](C)[C@@H]([C@@H](CC(=O)N1CCC[C@H]1[C@H](OC)[C@@H](C)C(=O)N[C@@H](Cc1ccccc1)C(=O)NS(=O)(=O)CCCNC(=O)OC[C@@H]1[C@@H]2CCC#CCC[C@@H]21)OC)N(C)C(=O)[C@@H](N=C(N(C)C)N(C)C)C(C)C. The first-order valence-corrected chi connectivity index (χ1v) is 27.1. The van der Waals surface area contributed by atoms with E-state index in [1.165, 1.54) is 7.11 Å². The molecule has 4 rings (SSSR count). The molecule has 1 aromatic carbocycles. The van der Waals surface area contributed by atoms with Crippen LogP contribution in [-0.2, 0) is 49.8 Å². The van der Waals surface area contributed by atoms with E-state index in [0.717, 1.165) is 32.1 Å². The fourth-order valence-electron chi connectivity index (χ4n) is 10.4. The van der Waals surface area contributed by atoms with Crippen LogP contribution in [0, 0.1) is 47.3 Å². The molecule has 1 aliphatic heterocycles.